The Hall–Kier alpha value is -0.330. The van der Waals surface area contributed by atoms with Gasteiger partial charge >= 0.3 is 6.18 Å². The second kappa shape index (κ2) is 6.05. The minimum Gasteiger partial charge on any atom is -0.348 e. The molecule has 1 N–H and O–H groups in total. The van der Waals surface area contributed by atoms with Crippen molar-refractivity contribution in [2.24, 2.45) is 5.92 Å². The third-order valence-electron chi connectivity index (χ3n) is 5.17. The maximum atomic E-state index is 12.8. The van der Waals surface area contributed by atoms with Crippen LogP contribution in [0.25, 0.3) is 0 Å². The second-order valence-electron chi connectivity index (χ2n) is 6.65. The molecule has 122 valence electrons. The van der Waals surface area contributed by atoms with E-state index >= 15 is 0 Å². The Morgan fingerprint density at radius 3 is 2.19 bits per heavy atom. The van der Waals surface area contributed by atoms with Gasteiger partial charge in [0, 0.05) is 24.9 Å². The van der Waals surface area contributed by atoms with Gasteiger partial charge in [0.2, 0.25) is 0 Å². The highest BCUT2D eigenvalue weighted by atomic mass is 19.4. The summed E-state index contributed by atoms with van der Waals surface area (Å²) in [6.07, 6.45) is 1.56. The van der Waals surface area contributed by atoms with E-state index in [1.165, 1.54) is 0 Å². The summed E-state index contributed by atoms with van der Waals surface area (Å²) in [5, 5.41) is 3.46. The van der Waals surface area contributed by atoms with E-state index in [0.717, 1.165) is 32.1 Å². The summed E-state index contributed by atoms with van der Waals surface area (Å²) in [6, 6.07) is 0.315. The Morgan fingerprint density at radius 2 is 1.57 bits per heavy atom. The molecule has 0 amide bonds. The fraction of sp³-hybridized carbons (Fsp3) is 1.00. The van der Waals surface area contributed by atoms with Crippen LogP contribution in [0.4, 0.5) is 13.2 Å². The van der Waals surface area contributed by atoms with Gasteiger partial charge < -0.3 is 14.8 Å². The van der Waals surface area contributed by atoms with Crippen LogP contribution < -0.4 is 5.32 Å². The predicted octanol–water partition coefficient (Wildman–Crippen LogP) is 3.38. The molecular formula is C15H24F3NO2. The highest BCUT2D eigenvalue weighted by molar-refractivity contribution is 4.89. The first-order valence-corrected chi connectivity index (χ1v) is 8.08. The Kier molecular flexibility index (Phi) is 4.48. The summed E-state index contributed by atoms with van der Waals surface area (Å²) in [5.41, 5.74) is 0. The molecule has 1 saturated heterocycles. The molecule has 2 unspecified atom stereocenters. The lowest BCUT2D eigenvalue weighted by atomic mass is 9.83. The summed E-state index contributed by atoms with van der Waals surface area (Å²) in [7, 11) is 0. The topological polar surface area (TPSA) is 30.5 Å². The molecule has 3 rings (SSSR count). The Bertz CT molecular complexity index is 345. The Morgan fingerprint density at radius 1 is 0.905 bits per heavy atom. The van der Waals surface area contributed by atoms with Crippen molar-refractivity contribution in [1.29, 1.82) is 0 Å². The van der Waals surface area contributed by atoms with Crippen molar-refractivity contribution in [3.05, 3.63) is 0 Å². The first-order valence-electron chi connectivity index (χ1n) is 8.08. The average Bonchev–Trinajstić information content (AvgIpc) is 2.90. The maximum Gasteiger partial charge on any atom is 0.391 e. The van der Waals surface area contributed by atoms with E-state index in [4.69, 9.17) is 9.47 Å². The molecule has 0 radical (unpaired) electrons. The van der Waals surface area contributed by atoms with E-state index in [9.17, 15) is 13.2 Å². The molecule has 3 nitrogen and oxygen atoms in total. The van der Waals surface area contributed by atoms with Gasteiger partial charge in [-0.25, -0.2) is 0 Å². The van der Waals surface area contributed by atoms with Crippen LogP contribution in [0.3, 0.4) is 0 Å². The lowest BCUT2D eigenvalue weighted by Gasteiger charge is -2.39. The number of alkyl halides is 3. The number of hydrogen-bond donors (Lipinski definition) is 1. The smallest absolute Gasteiger partial charge is 0.348 e. The zero-order chi connectivity index (χ0) is 14.9. The molecule has 1 spiro atoms. The molecule has 0 bridgehead atoms. The van der Waals surface area contributed by atoms with E-state index in [0.29, 0.717) is 25.7 Å². The first kappa shape index (κ1) is 15.6. The number of rotatable bonds is 2. The highest BCUT2D eigenvalue weighted by Gasteiger charge is 2.44. The lowest BCUT2D eigenvalue weighted by Crippen LogP contribution is -2.47. The van der Waals surface area contributed by atoms with Crippen LogP contribution in [0.1, 0.15) is 51.4 Å². The van der Waals surface area contributed by atoms with Crippen molar-refractivity contribution in [2.75, 3.05) is 13.2 Å². The molecule has 0 aromatic carbocycles. The quantitative estimate of drug-likeness (QED) is 0.848. The fourth-order valence-electron chi connectivity index (χ4n) is 3.98. The first-order chi connectivity index (χ1) is 9.97. The standard InChI is InChI=1S/C15H24F3NO2/c16-15(17,18)11-2-1-3-13(10-11)19-12-4-6-14(7-5-12)20-8-9-21-14/h11-13,19H,1-10H2. The van der Waals surface area contributed by atoms with Crippen LogP contribution in [0.2, 0.25) is 0 Å². The zero-order valence-corrected chi connectivity index (χ0v) is 12.3. The molecular weight excluding hydrogens is 283 g/mol. The van der Waals surface area contributed by atoms with E-state index in [1.807, 2.05) is 0 Å². The summed E-state index contributed by atoms with van der Waals surface area (Å²) in [4.78, 5) is 0. The second-order valence-corrected chi connectivity index (χ2v) is 6.65. The van der Waals surface area contributed by atoms with Crippen molar-refractivity contribution >= 4 is 0 Å². The third-order valence-corrected chi connectivity index (χ3v) is 5.17. The summed E-state index contributed by atoms with van der Waals surface area (Å²) in [5.74, 6) is -1.51. The molecule has 2 saturated carbocycles. The molecule has 0 aromatic heterocycles. The highest BCUT2D eigenvalue weighted by Crippen LogP contribution is 2.39. The van der Waals surface area contributed by atoms with Gasteiger partial charge in [-0.2, -0.15) is 13.2 Å². The normalized spacial score (nSPS) is 34.4. The Labute approximate surface area is 123 Å². The van der Waals surface area contributed by atoms with Crippen LogP contribution in [-0.4, -0.2) is 37.3 Å². The maximum absolute atomic E-state index is 12.8. The van der Waals surface area contributed by atoms with Crippen molar-refractivity contribution in [2.45, 2.75) is 75.4 Å². The van der Waals surface area contributed by atoms with Crippen LogP contribution in [0, 0.1) is 5.92 Å². The minimum atomic E-state index is -4.04. The number of halogens is 3. The van der Waals surface area contributed by atoms with E-state index in [2.05, 4.69) is 5.32 Å². The van der Waals surface area contributed by atoms with Crippen molar-refractivity contribution in [3.63, 3.8) is 0 Å². The van der Waals surface area contributed by atoms with Gasteiger partial charge in [0.15, 0.2) is 5.79 Å². The molecule has 3 fully saturated rings. The fourth-order valence-corrected chi connectivity index (χ4v) is 3.98. The van der Waals surface area contributed by atoms with Crippen molar-refractivity contribution < 1.29 is 22.6 Å². The van der Waals surface area contributed by atoms with Gasteiger partial charge in [-0.15, -0.1) is 0 Å². The molecule has 3 aliphatic rings. The molecule has 2 aliphatic carbocycles. The molecule has 1 heterocycles. The van der Waals surface area contributed by atoms with Gasteiger partial charge in [0.05, 0.1) is 19.1 Å². The monoisotopic (exact) mass is 307 g/mol. The molecule has 6 heteroatoms. The SMILES string of the molecule is FC(F)(F)C1CCCC(NC2CCC3(CC2)OCCO3)C1. The number of nitrogens with one attached hydrogen (secondary N) is 1. The van der Waals surface area contributed by atoms with Gasteiger partial charge in [0.25, 0.3) is 0 Å². The van der Waals surface area contributed by atoms with Crippen LogP contribution in [0.15, 0.2) is 0 Å². The largest absolute Gasteiger partial charge is 0.391 e. The van der Waals surface area contributed by atoms with Gasteiger partial charge in [-0.05, 0) is 32.1 Å². The van der Waals surface area contributed by atoms with Crippen LogP contribution in [-0.2, 0) is 9.47 Å². The molecule has 1 aliphatic heterocycles. The molecule has 2 atom stereocenters. The van der Waals surface area contributed by atoms with Crippen LogP contribution in [0.5, 0.6) is 0 Å². The van der Waals surface area contributed by atoms with Crippen LogP contribution >= 0.6 is 0 Å². The summed E-state index contributed by atoms with van der Waals surface area (Å²) in [6.45, 7) is 1.32. The third kappa shape index (κ3) is 3.71. The average molecular weight is 307 g/mol. The van der Waals surface area contributed by atoms with E-state index in [-0.39, 0.29) is 24.7 Å². The van der Waals surface area contributed by atoms with E-state index < -0.39 is 12.1 Å². The molecule has 21 heavy (non-hydrogen) atoms. The van der Waals surface area contributed by atoms with Crippen molar-refractivity contribution in [1.82, 2.24) is 5.32 Å². The Balaban J connectivity index is 1.47. The number of hydrogen-bond acceptors (Lipinski definition) is 3. The van der Waals surface area contributed by atoms with Crippen molar-refractivity contribution in [3.8, 4) is 0 Å². The summed E-state index contributed by atoms with van der Waals surface area (Å²) < 4.78 is 49.9. The predicted molar refractivity (Wildman–Crippen MR) is 71.8 cm³/mol. The van der Waals surface area contributed by atoms with Gasteiger partial charge in [0.1, 0.15) is 0 Å². The minimum absolute atomic E-state index is 0.00911. The van der Waals surface area contributed by atoms with Gasteiger partial charge in [-0.3, -0.25) is 0 Å². The number of ether oxygens (including phenoxy) is 2. The molecule has 0 aromatic rings. The van der Waals surface area contributed by atoms with Gasteiger partial charge in [-0.1, -0.05) is 6.42 Å². The lowest BCUT2D eigenvalue weighted by molar-refractivity contribution is -0.186. The zero-order valence-electron chi connectivity index (χ0n) is 12.3. The van der Waals surface area contributed by atoms with E-state index in [1.54, 1.807) is 0 Å². The summed E-state index contributed by atoms with van der Waals surface area (Å²) >= 11 is 0.